The second-order valence-electron chi connectivity index (χ2n) is 7.72. The van der Waals surface area contributed by atoms with Crippen LogP contribution in [-0.2, 0) is 14.8 Å². The quantitative estimate of drug-likeness (QED) is 0.708. The van der Waals surface area contributed by atoms with Crippen molar-refractivity contribution in [1.29, 1.82) is 0 Å². The summed E-state index contributed by atoms with van der Waals surface area (Å²) in [7, 11) is -2.11. The normalized spacial score (nSPS) is 15.7. The van der Waals surface area contributed by atoms with Crippen LogP contribution in [0.3, 0.4) is 0 Å². The van der Waals surface area contributed by atoms with E-state index in [4.69, 9.17) is 4.74 Å². The monoisotopic (exact) mass is 416 g/mol. The Bertz CT molecular complexity index is 938. The molecule has 1 saturated heterocycles. The maximum Gasteiger partial charge on any atom is 0.241 e. The molecule has 2 aromatic rings. The molecule has 29 heavy (non-hydrogen) atoms. The van der Waals surface area contributed by atoms with Gasteiger partial charge in [-0.15, -0.1) is 0 Å². The Morgan fingerprint density at radius 1 is 1.07 bits per heavy atom. The van der Waals surface area contributed by atoms with E-state index >= 15 is 0 Å². The molecule has 6 nitrogen and oxygen atoms in total. The van der Waals surface area contributed by atoms with Crippen LogP contribution in [-0.4, -0.2) is 28.0 Å². The molecule has 0 radical (unpaired) electrons. The highest BCUT2D eigenvalue weighted by Gasteiger charge is 2.24. The fraction of sp³-hybridized carbons (Fsp3) is 0.409. The van der Waals surface area contributed by atoms with Gasteiger partial charge in [0.2, 0.25) is 15.9 Å². The van der Waals surface area contributed by atoms with Crippen molar-refractivity contribution < 1.29 is 17.9 Å². The maximum absolute atomic E-state index is 13.0. The zero-order valence-electron chi connectivity index (χ0n) is 17.1. The van der Waals surface area contributed by atoms with Gasteiger partial charge in [0.25, 0.3) is 0 Å². The van der Waals surface area contributed by atoms with Crippen molar-refractivity contribution >= 4 is 21.6 Å². The highest BCUT2D eigenvalue weighted by molar-refractivity contribution is 7.89. The van der Waals surface area contributed by atoms with Gasteiger partial charge in [-0.3, -0.25) is 4.79 Å². The summed E-state index contributed by atoms with van der Waals surface area (Å²) in [6.45, 7) is 4.80. The van der Waals surface area contributed by atoms with E-state index in [0.717, 1.165) is 23.4 Å². The predicted molar refractivity (Wildman–Crippen MR) is 114 cm³/mol. The first-order valence-electron chi connectivity index (χ1n) is 9.87. The minimum Gasteiger partial charge on any atom is -0.497 e. The third-order valence-electron chi connectivity index (χ3n) is 5.05. The van der Waals surface area contributed by atoms with E-state index in [0.29, 0.717) is 25.3 Å². The molecular weight excluding hydrogens is 388 g/mol. The zero-order chi connectivity index (χ0) is 21.0. The summed E-state index contributed by atoms with van der Waals surface area (Å²) in [5.74, 6) is 1.12. The van der Waals surface area contributed by atoms with Gasteiger partial charge in [-0.25, -0.2) is 13.1 Å². The average molecular weight is 417 g/mol. The number of sulfonamides is 1. The van der Waals surface area contributed by atoms with Gasteiger partial charge in [-0.1, -0.05) is 26.0 Å². The van der Waals surface area contributed by atoms with Gasteiger partial charge in [0.05, 0.1) is 12.0 Å². The molecule has 3 rings (SSSR count). The van der Waals surface area contributed by atoms with Gasteiger partial charge < -0.3 is 9.64 Å². The number of carbonyl (C=O) groups is 1. The van der Waals surface area contributed by atoms with Crippen LogP contribution in [0.4, 0.5) is 5.69 Å². The maximum atomic E-state index is 13.0. The van der Waals surface area contributed by atoms with Crippen LogP contribution in [0.2, 0.25) is 0 Å². The van der Waals surface area contributed by atoms with Crippen molar-refractivity contribution in [3.63, 3.8) is 0 Å². The molecule has 0 bridgehead atoms. The Hall–Kier alpha value is -2.38. The number of hydrogen-bond donors (Lipinski definition) is 1. The first kappa shape index (κ1) is 21.3. The van der Waals surface area contributed by atoms with Crippen molar-refractivity contribution in [3.8, 4) is 5.75 Å². The molecule has 156 valence electrons. The lowest BCUT2D eigenvalue weighted by atomic mass is 9.98. The molecule has 1 heterocycles. The summed E-state index contributed by atoms with van der Waals surface area (Å²) in [6.07, 6.45) is 2.05. The summed E-state index contributed by atoms with van der Waals surface area (Å²) < 4.78 is 34.0. The third kappa shape index (κ3) is 5.16. The minimum atomic E-state index is -3.71. The van der Waals surface area contributed by atoms with Crippen LogP contribution in [0.1, 0.15) is 44.7 Å². The number of benzene rings is 2. The molecule has 1 atom stereocenters. The molecule has 1 unspecified atom stereocenters. The highest BCUT2D eigenvalue weighted by atomic mass is 32.2. The van der Waals surface area contributed by atoms with Gasteiger partial charge in [-0.2, -0.15) is 0 Å². The third-order valence-corrected chi connectivity index (χ3v) is 6.54. The Labute approximate surface area is 172 Å². The molecule has 1 aliphatic rings. The summed E-state index contributed by atoms with van der Waals surface area (Å²) in [6, 6.07) is 13.6. The number of anilines is 1. The van der Waals surface area contributed by atoms with Crippen LogP contribution in [0.25, 0.3) is 0 Å². The molecule has 1 fully saturated rings. The van der Waals surface area contributed by atoms with Crippen molar-refractivity contribution in [2.75, 3.05) is 18.6 Å². The van der Waals surface area contributed by atoms with E-state index in [1.807, 2.05) is 24.3 Å². The topological polar surface area (TPSA) is 75.7 Å². The first-order chi connectivity index (χ1) is 13.8. The van der Waals surface area contributed by atoms with Gasteiger partial charge in [-0.05, 0) is 60.7 Å². The Kier molecular flexibility index (Phi) is 6.59. The average Bonchev–Trinajstić information content (AvgIpc) is 3.13. The highest BCUT2D eigenvalue weighted by Crippen LogP contribution is 2.27. The van der Waals surface area contributed by atoms with Crippen LogP contribution < -0.4 is 14.4 Å². The fourth-order valence-electron chi connectivity index (χ4n) is 3.54. The Morgan fingerprint density at radius 3 is 2.24 bits per heavy atom. The summed E-state index contributed by atoms with van der Waals surface area (Å²) in [4.78, 5) is 13.8. The number of carbonyl (C=O) groups excluding carboxylic acids is 1. The lowest BCUT2D eigenvalue weighted by molar-refractivity contribution is -0.117. The molecule has 0 aliphatic carbocycles. The van der Waals surface area contributed by atoms with Crippen LogP contribution >= 0.6 is 0 Å². The molecule has 1 aliphatic heterocycles. The summed E-state index contributed by atoms with van der Waals surface area (Å²) in [5, 5.41) is 0. The number of methoxy groups -OCH3 is 1. The number of nitrogens with one attached hydrogen (secondary N) is 1. The van der Waals surface area contributed by atoms with E-state index in [9.17, 15) is 13.2 Å². The van der Waals surface area contributed by atoms with Crippen molar-refractivity contribution in [2.24, 2.45) is 5.92 Å². The van der Waals surface area contributed by atoms with Gasteiger partial charge >= 0.3 is 0 Å². The molecule has 0 spiro atoms. The van der Waals surface area contributed by atoms with Crippen LogP contribution in [0.5, 0.6) is 5.75 Å². The van der Waals surface area contributed by atoms with Gasteiger partial charge in [0.15, 0.2) is 0 Å². The van der Waals surface area contributed by atoms with E-state index in [1.54, 1.807) is 36.3 Å². The lowest BCUT2D eigenvalue weighted by Crippen LogP contribution is -2.30. The fourth-order valence-corrected chi connectivity index (χ4v) is 4.78. The van der Waals surface area contributed by atoms with Crippen molar-refractivity contribution in [1.82, 2.24) is 4.72 Å². The standard InChI is InChI=1S/C22H28N2O4S/c1-16(2)15-21(17-6-10-19(28-3)11-7-17)23-29(26,27)20-12-8-18(9-13-20)24-14-4-5-22(24)25/h6-13,16,21,23H,4-5,14-15H2,1-3H3. The van der Waals surface area contributed by atoms with Crippen LogP contribution in [0.15, 0.2) is 53.4 Å². The predicted octanol–water partition coefficient (Wildman–Crippen LogP) is 3.89. The molecule has 2 aromatic carbocycles. The van der Waals surface area contributed by atoms with E-state index < -0.39 is 10.0 Å². The molecule has 0 saturated carbocycles. The Balaban J connectivity index is 1.81. The number of ether oxygens (including phenoxy) is 1. The molecule has 0 aromatic heterocycles. The van der Waals surface area contributed by atoms with Crippen LogP contribution in [0, 0.1) is 5.92 Å². The number of hydrogen-bond acceptors (Lipinski definition) is 4. The molecule has 1 N–H and O–H groups in total. The smallest absolute Gasteiger partial charge is 0.241 e. The minimum absolute atomic E-state index is 0.0789. The SMILES string of the molecule is COc1ccc(C(CC(C)C)NS(=O)(=O)c2ccc(N3CCCC3=O)cc2)cc1. The second-order valence-corrected chi connectivity index (χ2v) is 9.43. The summed E-state index contributed by atoms with van der Waals surface area (Å²) in [5.41, 5.74) is 1.63. The second kappa shape index (κ2) is 8.97. The molecular formula is C22H28N2O4S. The largest absolute Gasteiger partial charge is 0.497 e. The van der Waals surface area contributed by atoms with E-state index in [2.05, 4.69) is 18.6 Å². The van der Waals surface area contributed by atoms with Gasteiger partial charge in [0.1, 0.15) is 5.75 Å². The molecule has 7 heteroatoms. The number of rotatable bonds is 8. The number of nitrogens with zero attached hydrogens (tertiary/aromatic N) is 1. The number of amides is 1. The first-order valence-corrected chi connectivity index (χ1v) is 11.3. The van der Waals surface area contributed by atoms with Crippen molar-refractivity contribution in [2.45, 2.75) is 44.0 Å². The molecule has 1 amide bonds. The zero-order valence-corrected chi connectivity index (χ0v) is 17.9. The van der Waals surface area contributed by atoms with E-state index in [-0.39, 0.29) is 16.8 Å². The van der Waals surface area contributed by atoms with E-state index in [1.165, 1.54) is 0 Å². The summed E-state index contributed by atoms with van der Waals surface area (Å²) >= 11 is 0. The Morgan fingerprint density at radius 2 is 1.72 bits per heavy atom. The van der Waals surface area contributed by atoms with Gasteiger partial charge in [0, 0.05) is 24.7 Å². The van der Waals surface area contributed by atoms with Crippen molar-refractivity contribution in [3.05, 3.63) is 54.1 Å². The lowest BCUT2D eigenvalue weighted by Gasteiger charge is -2.22.